The Morgan fingerprint density at radius 2 is 2.11 bits per heavy atom. The summed E-state index contributed by atoms with van der Waals surface area (Å²) in [4.78, 5) is 1.37. The molecule has 100 valence electrons. The summed E-state index contributed by atoms with van der Waals surface area (Å²) >= 11 is 1.79. The third-order valence-corrected chi connectivity index (χ3v) is 4.37. The Balaban J connectivity index is 1.40. The molecule has 0 aliphatic heterocycles. The molecule has 1 aromatic heterocycles. The van der Waals surface area contributed by atoms with E-state index in [0.29, 0.717) is 0 Å². The van der Waals surface area contributed by atoms with E-state index in [0.717, 1.165) is 25.4 Å². The zero-order valence-corrected chi connectivity index (χ0v) is 11.8. The van der Waals surface area contributed by atoms with Crippen LogP contribution in [-0.4, -0.2) is 13.2 Å². The average molecular weight is 273 g/mol. The first-order valence-corrected chi connectivity index (χ1v) is 7.77. The van der Waals surface area contributed by atoms with Gasteiger partial charge >= 0.3 is 0 Å². The van der Waals surface area contributed by atoms with E-state index in [1.54, 1.807) is 11.3 Å². The van der Waals surface area contributed by atoms with Gasteiger partial charge in [0.25, 0.3) is 0 Å². The second-order valence-corrected chi connectivity index (χ2v) is 5.92. The lowest BCUT2D eigenvalue weighted by atomic mass is 10.1. The van der Waals surface area contributed by atoms with Crippen molar-refractivity contribution in [2.45, 2.75) is 25.8 Å². The fourth-order valence-electron chi connectivity index (χ4n) is 2.50. The van der Waals surface area contributed by atoms with E-state index in [9.17, 15) is 0 Å². The largest absolute Gasteiger partial charge is 0.492 e. The van der Waals surface area contributed by atoms with Crippen molar-refractivity contribution >= 4 is 11.3 Å². The second kappa shape index (κ2) is 6.22. The third kappa shape index (κ3) is 3.37. The molecule has 0 amide bonds. The van der Waals surface area contributed by atoms with Gasteiger partial charge in [0, 0.05) is 18.0 Å². The van der Waals surface area contributed by atoms with Crippen LogP contribution in [0.5, 0.6) is 5.75 Å². The van der Waals surface area contributed by atoms with Gasteiger partial charge in [-0.15, -0.1) is 11.3 Å². The van der Waals surface area contributed by atoms with E-state index in [1.165, 1.54) is 35.3 Å². The van der Waals surface area contributed by atoms with Crippen molar-refractivity contribution < 1.29 is 4.74 Å². The average Bonchev–Trinajstić information content (AvgIpc) is 3.08. The van der Waals surface area contributed by atoms with Gasteiger partial charge in [-0.3, -0.25) is 0 Å². The first-order valence-electron chi connectivity index (χ1n) is 6.89. The van der Waals surface area contributed by atoms with Gasteiger partial charge in [0.2, 0.25) is 0 Å². The first-order chi connectivity index (χ1) is 9.42. The molecule has 2 aromatic rings. The lowest BCUT2D eigenvalue weighted by Gasteiger charge is -2.08. The Hall–Kier alpha value is -1.32. The van der Waals surface area contributed by atoms with Crippen LogP contribution in [0.2, 0.25) is 0 Å². The summed E-state index contributed by atoms with van der Waals surface area (Å²) in [5.74, 6) is 1.01. The molecule has 3 heteroatoms. The van der Waals surface area contributed by atoms with Gasteiger partial charge in [-0.25, -0.2) is 0 Å². The van der Waals surface area contributed by atoms with Gasteiger partial charge in [-0.2, -0.15) is 0 Å². The summed E-state index contributed by atoms with van der Waals surface area (Å²) in [6.45, 7) is 2.55. The fraction of sp³-hybridized carbons (Fsp3) is 0.375. The lowest BCUT2D eigenvalue weighted by Crippen LogP contribution is -2.20. The van der Waals surface area contributed by atoms with Gasteiger partial charge in [0.15, 0.2) is 0 Å². The summed E-state index contributed by atoms with van der Waals surface area (Å²) in [5.41, 5.74) is 2.98. The zero-order valence-electron chi connectivity index (χ0n) is 11.0. The van der Waals surface area contributed by atoms with Crippen LogP contribution in [0.1, 0.15) is 22.4 Å². The van der Waals surface area contributed by atoms with Crippen molar-refractivity contribution in [1.82, 2.24) is 5.32 Å². The van der Waals surface area contributed by atoms with Crippen molar-refractivity contribution in [3.63, 3.8) is 0 Å². The van der Waals surface area contributed by atoms with E-state index < -0.39 is 0 Å². The number of hydrogen-bond acceptors (Lipinski definition) is 3. The van der Waals surface area contributed by atoms with Crippen LogP contribution in [-0.2, 0) is 19.4 Å². The van der Waals surface area contributed by atoms with Crippen LogP contribution in [0.4, 0.5) is 0 Å². The highest BCUT2D eigenvalue weighted by Gasteiger charge is 2.10. The molecule has 1 N–H and O–H groups in total. The van der Waals surface area contributed by atoms with Crippen molar-refractivity contribution in [3.8, 4) is 5.75 Å². The Labute approximate surface area is 118 Å². The number of nitrogens with one attached hydrogen (secondary N) is 1. The highest BCUT2D eigenvalue weighted by molar-refractivity contribution is 7.09. The maximum atomic E-state index is 5.79. The predicted molar refractivity (Wildman–Crippen MR) is 80.0 cm³/mol. The van der Waals surface area contributed by atoms with Crippen LogP contribution in [0.25, 0.3) is 0 Å². The minimum absolute atomic E-state index is 0.726. The Morgan fingerprint density at radius 3 is 3.00 bits per heavy atom. The topological polar surface area (TPSA) is 21.3 Å². The van der Waals surface area contributed by atoms with E-state index >= 15 is 0 Å². The number of thiophene rings is 1. The number of ether oxygens (including phenoxy) is 1. The van der Waals surface area contributed by atoms with Gasteiger partial charge in [0.05, 0.1) is 0 Å². The summed E-state index contributed by atoms with van der Waals surface area (Å²) in [6.07, 6.45) is 3.74. The molecule has 1 aliphatic rings. The van der Waals surface area contributed by atoms with E-state index in [4.69, 9.17) is 4.74 Å². The van der Waals surface area contributed by atoms with Gasteiger partial charge < -0.3 is 10.1 Å². The minimum Gasteiger partial charge on any atom is -0.492 e. The summed E-state index contributed by atoms with van der Waals surface area (Å²) < 4.78 is 5.79. The number of hydrogen-bond donors (Lipinski definition) is 1. The Morgan fingerprint density at radius 1 is 1.16 bits per heavy atom. The molecule has 0 unspecified atom stereocenters. The number of fused-ring (bicyclic) bond motifs is 1. The van der Waals surface area contributed by atoms with Crippen molar-refractivity contribution in [3.05, 3.63) is 51.7 Å². The zero-order chi connectivity index (χ0) is 12.9. The lowest BCUT2D eigenvalue weighted by molar-refractivity contribution is 0.313. The van der Waals surface area contributed by atoms with Crippen molar-refractivity contribution in [1.29, 1.82) is 0 Å². The molecule has 0 saturated carbocycles. The molecular formula is C16H19NOS. The molecule has 2 nitrogen and oxygen atoms in total. The molecular weight excluding hydrogens is 254 g/mol. The van der Waals surface area contributed by atoms with Crippen molar-refractivity contribution in [2.75, 3.05) is 13.2 Å². The predicted octanol–water partition coefficient (Wildman–Crippen LogP) is 3.41. The molecule has 1 heterocycles. The maximum absolute atomic E-state index is 5.79. The van der Waals surface area contributed by atoms with Crippen LogP contribution >= 0.6 is 11.3 Å². The number of rotatable bonds is 6. The molecule has 1 aliphatic carbocycles. The monoisotopic (exact) mass is 273 g/mol. The van der Waals surface area contributed by atoms with Crippen LogP contribution in [0, 0.1) is 0 Å². The van der Waals surface area contributed by atoms with E-state index in [1.807, 2.05) is 0 Å². The number of benzene rings is 1. The molecule has 0 atom stereocenters. The van der Waals surface area contributed by atoms with Crippen LogP contribution in [0.15, 0.2) is 35.7 Å². The minimum atomic E-state index is 0.726. The Kier molecular flexibility index (Phi) is 4.16. The first kappa shape index (κ1) is 12.7. The molecule has 0 saturated heterocycles. The van der Waals surface area contributed by atoms with Crippen LogP contribution in [0.3, 0.4) is 0 Å². The molecule has 0 radical (unpaired) electrons. The summed E-state index contributed by atoms with van der Waals surface area (Å²) in [6, 6.07) is 10.8. The molecule has 3 rings (SSSR count). The summed E-state index contributed by atoms with van der Waals surface area (Å²) in [7, 11) is 0. The quantitative estimate of drug-likeness (QED) is 0.814. The molecule has 1 aromatic carbocycles. The maximum Gasteiger partial charge on any atom is 0.119 e. The van der Waals surface area contributed by atoms with Gasteiger partial charge in [-0.05, 0) is 54.0 Å². The second-order valence-electron chi connectivity index (χ2n) is 4.89. The fourth-order valence-corrected chi connectivity index (χ4v) is 3.18. The van der Waals surface area contributed by atoms with Crippen LogP contribution < -0.4 is 10.1 Å². The highest BCUT2D eigenvalue weighted by Crippen LogP contribution is 2.25. The number of aryl methyl sites for hydroxylation is 2. The summed E-state index contributed by atoms with van der Waals surface area (Å²) in [5, 5.41) is 5.50. The van der Waals surface area contributed by atoms with E-state index in [-0.39, 0.29) is 0 Å². The van der Waals surface area contributed by atoms with E-state index in [2.05, 4.69) is 41.0 Å². The van der Waals surface area contributed by atoms with Crippen molar-refractivity contribution in [2.24, 2.45) is 0 Å². The smallest absolute Gasteiger partial charge is 0.119 e. The molecule has 0 bridgehead atoms. The third-order valence-electron chi connectivity index (χ3n) is 3.50. The molecule has 19 heavy (non-hydrogen) atoms. The normalized spacial score (nSPS) is 13.5. The molecule has 0 fully saturated rings. The standard InChI is InChI=1S/C16H19NOS/c1-3-13-6-7-15(11-14(13)4-1)18-9-8-17-12-16-5-2-10-19-16/h2,5-7,10-11,17H,1,3-4,8-9,12H2. The van der Waals surface area contributed by atoms with Gasteiger partial charge in [0.1, 0.15) is 12.4 Å². The van der Waals surface area contributed by atoms with Gasteiger partial charge in [-0.1, -0.05) is 12.1 Å². The Bertz CT molecular complexity index is 522. The highest BCUT2D eigenvalue weighted by atomic mass is 32.1. The SMILES string of the molecule is c1csc(CNCCOc2ccc3c(c2)CCC3)c1. The molecule has 0 spiro atoms.